The molecule has 96 valence electrons. The lowest BCUT2D eigenvalue weighted by atomic mass is 10.1. The average molecular weight is 245 g/mol. The Hall–Kier alpha value is -1.81. The monoisotopic (exact) mass is 245 g/mol. The summed E-state index contributed by atoms with van der Waals surface area (Å²) in [5.41, 5.74) is 3.10. The lowest BCUT2D eigenvalue weighted by Gasteiger charge is -2.16. The zero-order valence-corrected chi connectivity index (χ0v) is 11.0. The van der Waals surface area contributed by atoms with Crippen molar-refractivity contribution in [1.29, 1.82) is 0 Å². The van der Waals surface area contributed by atoms with E-state index in [0.29, 0.717) is 5.75 Å². The van der Waals surface area contributed by atoms with Crippen molar-refractivity contribution in [3.8, 4) is 5.75 Å². The summed E-state index contributed by atoms with van der Waals surface area (Å²) in [7, 11) is 1.92. The molecule has 0 amide bonds. The highest BCUT2D eigenvalue weighted by atomic mass is 16.3. The molecular formula is C14H19N3O. The molecule has 2 aromatic rings. The zero-order valence-electron chi connectivity index (χ0n) is 11.0. The molecule has 0 saturated carbocycles. The molecule has 18 heavy (non-hydrogen) atoms. The highest BCUT2D eigenvalue weighted by Gasteiger charge is 2.10. The Balaban J connectivity index is 2.03. The molecule has 1 aromatic carbocycles. The van der Waals surface area contributed by atoms with Gasteiger partial charge in [0, 0.05) is 31.4 Å². The van der Waals surface area contributed by atoms with E-state index in [1.165, 1.54) is 0 Å². The highest BCUT2D eigenvalue weighted by molar-refractivity contribution is 5.37. The van der Waals surface area contributed by atoms with Crippen molar-refractivity contribution >= 4 is 0 Å². The standard InChI is InChI=1S/C14H19N3O/c1-10-4-5-13(14(18)8-10)11(2)15-9-12-6-7-16-17(12)3/h4-8,11,15,18H,9H2,1-3H3. The van der Waals surface area contributed by atoms with Crippen LogP contribution in [0.5, 0.6) is 5.75 Å². The molecule has 0 aliphatic heterocycles. The van der Waals surface area contributed by atoms with Gasteiger partial charge < -0.3 is 10.4 Å². The fraction of sp³-hybridized carbons (Fsp3) is 0.357. The fourth-order valence-electron chi connectivity index (χ4n) is 1.96. The minimum Gasteiger partial charge on any atom is -0.508 e. The van der Waals surface area contributed by atoms with Crippen LogP contribution in [0.15, 0.2) is 30.5 Å². The Bertz CT molecular complexity index is 534. The van der Waals surface area contributed by atoms with Crippen LogP contribution in [0.2, 0.25) is 0 Å². The van der Waals surface area contributed by atoms with Crippen molar-refractivity contribution in [1.82, 2.24) is 15.1 Å². The molecule has 2 N–H and O–H groups in total. The SMILES string of the molecule is Cc1ccc(C(C)NCc2ccnn2C)c(O)c1. The average Bonchev–Trinajstić information content (AvgIpc) is 2.72. The predicted octanol–water partition coefficient (Wildman–Crippen LogP) is 2.28. The Morgan fingerprint density at radius 1 is 1.39 bits per heavy atom. The maximum atomic E-state index is 9.92. The Kier molecular flexibility index (Phi) is 3.67. The molecule has 1 atom stereocenters. The van der Waals surface area contributed by atoms with Gasteiger partial charge in [0.1, 0.15) is 5.75 Å². The number of aromatic nitrogens is 2. The van der Waals surface area contributed by atoms with Gasteiger partial charge in [0.2, 0.25) is 0 Å². The molecule has 1 heterocycles. The quantitative estimate of drug-likeness (QED) is 0.869. The number of aryl methyl sites for hydroxylation is 2. The molecule has 0 spiro atoms. The van der Waals surface area contributed by atoms with Gasteiger partial charge >= 0.3 is 0 Å². The van der Waals surface area contributed by atoms with Crippen molar-refractivity contribution in [2.75, 3.05) is 0 Å². The van der Waals surface area contributed by atoms with E-state index in [9.17, 15) is 5.11 Å². The molecule has 4 nitrogen and oxygen atoms in total. The van der Waals surface area contributed by atoms with Crippen molar-refractivity contribution in [2.24, 2.45) is 7.05 Å². The Morgan fingerprint density at radius 2 is 2.17 bits per heavy atom. The van der Waals surface area contributed by atoms with Crippen LogP contribution < -0.4 is 5.32 Å². The summed E-state index contributed by atoms with van der Waals surface area (Å²) in [5.74, 6) is 0.347. The first kappa shape index (κ1) is 12.6. The highest BCUT2D eigenvalue weighted by Crippen LogP contribution is 2.25. The van der Waals surface area contributed by atoms with Crippen molar-refractivity contribution < 1.29 is 5.11 Å². The first-order valence-electron chi connectivity index (χ1n) is 6.07. The van der Waals surface area contributed by atoms with E-state index in [-0.39, 0.29) is 6.04 Å². The van der Waals surface area contributed by atoms with Crippen LogP contribution in [0.1, 0.15) is 29.8 Å². The normalized spacial score (nSPS) is 12.6. The van der Waals surface area contributed by atoms with Crippen molar-refractivity contribution in [3.05, 3.63) is 47.3 Å². The smallest absolute Gasteiger partial charge is 0.120 e. The van der Waals surface area contributed by atoms with E-state index >= 15 is 0 Å². The van der Waals surface area contributed by atoms with Crippen LogP contribution in [0.4, 0.5) is 0 Å². The van der Waals surface area contributed by atoms with Crippen LogP contribution in [-0.2, 0) is 13.6 Å². The molecule has 0 aliphatic carbocycles. The van der Waals surface area contributed by atoms with E-state index in [0.717, 1.165) is 23.4 Å². The summed E-state index contributed by atoms with van der Waals surface area (Å²) in [6.45, 7) is 4.74. The van der Waals surface area contributed by atoms with E-state index in [4.69, 9.17) is 0 Å². The number of rotatable bonds is 4. The molecular weight excluding hydrogens is 226 g/mol. The second-order valence-corrected chi connectivity index (χ2v) is 4.61. The zero-order chi connectivity index (χ0) is 13.1. The van der Waals surface area contributed by atoms with Gasteiger partial charge in [0.05, 0.1) is 5.69 Å². The van der Waals surface area contributed by atoms with Gasteiger partial charge in [-0.2, -0.15) is 5.10 Å². The van der Waals surface area contributed by atoms with Crippen molar-refractivity contribution in [2.45, 2.75) is 26.4 Å². The third-order valence-corrected chi connectivity index (χ3v) is 3.16. The van der Waals surface area contributed by atoms with Crippen molar-refractivity contribution in [3.63, 3.8) is 0 Å². The van der Waals surface area contributed by atoms with E-state index in [1.807, 2.05) is 43.8 Å². The minimum atomic E-state index is 0.0977. The number of phenolic OH excluding ortho intramolecular Hbond substituents is 1. The molecule has 0 bridgehead atoms. The largest absolute Gasteiger partial charge is 0.508 e. The topological polar surface area (TPSA) is 50.1 Å². The molecule has 2 rings (SSSR count). The third kappa shape index (κ3) is 2.71. The summed E-state index contributed by atoms with van der Waals surface area (Å²) in [4.78, 5) is 0. The van der Waals surface area contributed by atoms with Crippen LogP contribution in [0, 0.1) is 6.92 Å². The van der Waals surface area contributed by atoms with Gasteiger partial charge in [-0.15, -0.1) is 0 Å². The van der Waals surface area contributed by atoms with Crippen LogP contribution in [0.3, 0.4) is 0 Å². The number of benzene rings is 1. The second kappa shape index (κ2) is 5.23. The van der Waals surface area contributed by atoms with Crippen LogP contribution >= 0.6 is 0 Å². The lowest BCUT2D eigenvalue weighted by molar-refractivity contribution is 0.450. The lowest BCUT2D eigenvalue weighted by Crippen LogP contribution is -2.19. The molecule has 0 aliphatic rings. The van der Waals surface area contributed by atoms with Crippen LogP contribution in [-0.4, -0.2) is 14.9 Å². The summed E-state index contributed by atoms with van der Waals surface area (Å²) in [5, 5.41) is 17.4. The Morgan fingerprint density at radius 3 is 2.78 bits per heavy atom. The number of nitrogens with one attached hydrogen (secondary N) is 1. The van der Waals surface area contributed by atoms with Gasteiger partial charge in [-0.3, -0.25) is 4.68 Å². The number of phenols is 1. The fourth-order valence-corrected chi connectivity index (χ4v) is 1.96. The van der Waals surface area contributed by atoms with E-state index in [1.54, 1.807) is 12.3 Å². The van der Waals surface area contributed by atoms with Gasteiger partial charge in [-0.25, -0.2) is 0 Å². The molecule has 4 heteroatoms. The van der Waals surface area contributed by atoms with E-state index in [2.05, 4.69) is 10.4 Å². The molecule has 1 aromatic heterocycles. The number of hydrogen-bond acceptors (Lipinski definition) is 3. The molecule has 0 saturated heterocycles. The molecule has 0 fully saturated rings. The summed E-state index contributed by atoms with van der Waals surface area (Å²) >= 11 is 0. The molecule has 0 radical (unpaired) electrons. The summed E-state index contributed by atoms with van der Waals surface area (Å²) < 4.78 is 1.84. The first-order chi connectivity index (χ1) is 8.58. The minimum absolute atomic E-state index is 0.0977. The Labute approximate surface area is 107 Å². The maximum Gasteiger partial charge on any atom is 0.120 e. The van der Waals surface area contributed by atoms with Crippen LogP contribution in [0.25, 0.3) is 0 Å². The third-order valence-electron chi connectivity index (χ3n) is 3.16. The molecule has 1 unspecified atom stereocenters. The second-order valence-electron chi connectivity index (χ2n) is 4.61. The van der Waals surface area contributed by atoms with Gasteiger partial charge in [0.25, 0.3) is 0 Å². The summed E-state index contributed by atoms with van der Waals surface area (Å²) in [6.07, 6.45) is 1.78. The van der Waals surface area contributed by atoms with Gasteiger partial charge in [-0.1, -0.05) is 12.1 Å². The summed E-state index contributed by atoms with van der Waals surface area (Å²) in [6, 6.07) is 7.84. The predicted molar refractivity (Wildman–Crippen MR) is 71.3 cm³/mol. The number of nitrogens with zero attached hydrogens (tertiary/aromatic N) is 2. The maximum absolute atomic E-state index is 9.92. The van der Waals surface area contributed by atoms with E-state index < -0.39 is 0 Å². The first-order valence-corrected chi connectivity index (χ1v) is 6.07. The van der Waals surface area contributed by atoms with Gasteiger partial charge in [-0.05, 0) is 31.5 Å². The number of aromatic hydroxyl groups is 1. The number of hydrogen-bond donors (Lipinski definition) is 2. The van der Waals surface area contributed by atoms with Gasteiger partial charge in [0.15, 0.2) is 0 Å².